The lowest BCUT2D eigenvalue weighted by atomic mass is 9.98. The van der Waals surface area contributed by atoms with Crippen LogP contribution >= 0.6 is 0 Å². The van der Waals surface area contributed by atoms with E-state index in [0.29, 0.717) is 31.9 Å². The molecule has 0 spiro atoms. The summed E-state index contributed by atoms with van der Waals surface area (Å²) in [5, 5.41) is 2.87. The van der Waals surface area contributed by atoms with Gasteiger partial charge in [-0.2, -0.15) is 0 Å². The summed E-state index contributed by atoms with van der Waals surface area (Å²) in [5.41, 5.74) is -0.224. The first-order valence-electron chi connectivity index (χ1n) is 7.63. The first-order valence-corrected chi connectivity index (χ1v) is 9.52. The molecule has 1 N–H and O–H groups in total. The van der Waals surface area contributed by atoms with Gasteiger partial charge in [-0.1, -0.05) is 6.07 Å². The predicted octanol–water partition coefficient (Wildman–Crippen LogP) is 1.07. The first-order chi connectivity index (χ1) is 10.7. The third-order valence-corrected chi connectivity index (χ3v) is 5.13. The van der Waals surface area contributed by atoms with Crippen molar-refractivity contribution in [3.63, 3.8) is 0 Å². The Bertz CT molecular complexity index is 670. The fourth-order valence-corrected chi connectivity index (χ4v) is 3.34. The molecule has 0 atom stereocenters. The molecule has 1 aromatic rings. The molecule has 1 aliphatic heterocycles. The van der Waals surface area contributed by atoms with Gasteiger partial charge in [-0.3, -0.25) is 9.69 Å². The van der Waals surface area contributed by atoms with E-state index in [4.69, 9.17) is 4.74 Å². The average molecular weight is 340 g/mol. The zero-order valence-electron chi connectivity index (χ0n) is 13.8. The zero-order chi connectivity index (χ0) is 17.1. The normalized spacial score (nSPS) is 19.0. The van der Waals surface area contributed by atoms with Crippen molar-refractivity contribution in [1.29, 1.82) is 0 Å². The molecule has 0 bridgehead atoms. The summed E-state index contributed by atoms with van der Waals surface area (Å²) in [6.45, 7) is 6.59. The van der Waals surface area contributed by atoms with Crippen LogP contribution in [0.3, 0.4) is 0 Å². The second-order valence-corrected chi connectivity index (χ2v) is 8.44. The Hall–Kier alpha value is -1.60. The molecule has 23 heavy (non-hydrogen) atoms. The third-order valence-electron chi connectivity index (χ3n) is 4.02. The third kappa shape index (κ3) is 4.94. The van der Waals surface area contributed by atoms with Crippen LogP contribution in [0.5, 0.6) is 5.75 Å². The topological polar surface area (TPSA) is 75.7 Å². The van der Waals surface area contributed by atoms with E-state index in [0.717, 1.165) is 6.54 Å². The number of nitrogens with one attached hydrogen (secondary N) is 1. The van der Waals surface area contributed by atoms with Crippen LogP contribution in [-0.2, 0) is 14.6 Å². The molecule has 1 amide bonds. The summed E-state index contributed by atoms with van der Waals surface area (Å²) in [6, 6.07) is 6.50. The number of amides is 1. The van der Waals surface area contributed by atoms with Crippen LogP contribution in [0.1, 0.15) is 20.3 Å². The fraction of sp³-hybridized carbons (Fsp3) is 0.562. The van der Waals surface area contributed by atoms with Crippen LogP contribution in [0.15, 0.2) is 29.2 Å². The number of hydrogen-bond acceptors (Lipinski definition) is 5. The molecule has 0 saturated carbocycles. The maximum Gasteiger partial charge on any atom is 0.221 e. The van der Waals surface area contributed by atoms with Gasteiger partial charge in [0.05, 0.1) is 4.90 Å². The standard InChI is InChI=1S/C16H24N2O4S/c1-16(2)12-15(19)17-7-8-18(16)9-10-22-13-5-4-6-14(11-13)23(3,20)21/h4-6,11H,7-10,12H2,1-3H3,(H,17,19). The number of benzene rings is 1. The van der Waals surface area contributed by atoms with Gasteiger partial charge in [-0.15, -0.1) is 0 Å². The first kappa shape index (κ1) is 17.7. The highest BCUT2D eigenvalue weighted by atomic mass is 32.2. The Balaban J connectivity index is 1.95. The molecule has 2 rings (SSSR count). The minimum Gasteiger partial charge on any atom is -0.492 e. The van der Waals surface area contributed by atoms with Crippen molar-refractivity contribution in [3.8, 4) is 5.75 Å². The van der Waals surface area contributed by atoms with Gasteiger partial charge in [0.15, 0.2) is 9.84 Å². The number of ether oxygens (including phenoxy) is 1. The number of nitrogens with zero attached hydrogens (tertiary/aromatic N) is 1. The number of rotatable bonds is 5. The van der Waals surface area contributed by atoms with E-state index in [-0.39, 0.29) is 16.3 Å². The predicted molar refractivity (Wildman–Crippen MR) is 88.3 cm³/mol. The van der Waals surface area contributed by atoms with E-state index in [2.05, 4.69) is 10.2 Å². The highest BCUT2D eigenvalue weighted by molar-refractivity contribution is 7.90. The summed E-state index contributed by atoms with van der Waals surface area (Å²) in [6.07, 6.45) is 1.63. The van der Waals surface area contributed by atoms with E-state index >= 15 is 0 Å². The lowest BCUT2D eigenvalue weighted by Crippen LogP contribution is -2.46. The minimum absolute atomic E-state index is 0.0688. The van der Waals surface area contributed by atoms with Gasteiger partial charge in [0.1, 0.15) is 12.4 Å². The molecule has 0 radical (unpaired) electrons. The molecule has 0 aromatic heterocycles. The van der Waals surface area contributed by atoms with Crippen LogP contribution in [0.25, 0.3) is 0 Å². The summed E-state index contributed by atoms with van der Waals surface area (Å²) >= 11 is 0. The van der Waals surface area contributed by atoms with Crippen molar-refractivity contribution in [2.45, 2.75) is 30.7 Å². The second-order valence-electron chi connectivity index (χ2n) is 6.42. The quantitative estimate of drug-likeness (QED) is 0.868. The van der Waals surface area contributed by atoms with Crippen molar-refractivity contribution in [2.24, 2.45) is 0 Å². The molecule has 128 valence electrons. The van der Waals surface area contributed by atoms with Gasteiger partial charge in [0.2, 0.25) is 5.91 Å². The summed E-state index contributed by atoms with van der Waals surface area (Å²) in [5.74, 6) is 0.606. The molecular weight excluding hydrogens is 316 g/mol. The highest BCUT2D eigenvalue weighted by Gasteiger charge is 2.31. The Morgan fingerprint density at radius 1 is 1.35 bits per heavy atom. The van der Waals surface area contributed by atoms with Gasteiger partial charge in [-0.25, -0.2) is 8.42 Å². The van der Waals surface area contributed by atoms with Crippen molar-refractivity contribution in [3.05, 3.63) is 24.3 Å². The van der Waals surface area contributed by atoms with Gasteiger partial charge in [-0.05, 0) is 32.0 Å². The number of sulfone groups is 1. The maximum absolute atomic E-state index is 11.6. The SMILES string of the molecule is CC1(C)CC(=O)NCCN1CCOc1cccc(S(C)(=O)=O)c1. The van der Waals surface area contributed by atoms with E-state index in [1.165, 1.54) is 12.3 Å². The molecule has 7 heteroatoms. The summed E-state index contributed by atoms with van der Waals surface area (Å²) < 4.78 is 28.8. The fourth-order valence-electron chi connectivity index (χ4n) is 2.68. The second kappa shape index (κ2) is 6.88. The Labute approximate surface area is 137 Å². The number of hydrogen-bond donors (Lipinski definition) is 1. The lowest BCUT2D eigenvalue weighted by molar-refractivity contribution is -0.122. The molecule has 0 aliphatic carbocycles. The molecule has 1 saturated heterocycles. The average Bonchev–Trinajstić information content (AvgIpc) is 2.56. The van der Waals surface area contributed by atoms with E-state index in [1.54, 1.807) is 18.2 Å². The summed E-state index contributed by atoms with van der Waals surface area (Å²) in [4.78, 5) is 14.1. The molecule has 1 heterocycles. The summed E-state index contributed by atoms with van der Waals surface area (Å²) in [7, 11) is -3.24. The van der Waals surface area contributed by atoms with Gasteiger partial charge in [0, 0.05) is 37.8 Å². The highest BCUT2D eigenvalue weighted by Crippen LogP contribution is 2.21. The largest absolute Gasteiger partial charge is 0.492 e. The number of carbonyl (C=O) groups excluding carboxylic acids is 1. The van der Waals surface area contributed by atoms with Crippen molar-refractivity contribution >= 4 is 15.7 Å². The Kier molecular flexibility index (Phi) is 5.31. The van der Waals surface area contributed by atoms with E-state index < -0.39 is 9.84 Å². The van der Waals surface area contributed by atoms with Gasteiger partial charge >= 0.3 is 0 Å². The van der Waals surface area contributed by atoms with Crippen molar-refractivity contribution in [1.82, 2.24) is 10.2 Å². The molecule has 1 aromatic carbocycles. The van der Waals surface area contributed by atoms with Gasteiger partial charge < -0.3 is 10.1 Å². The van der Waals surface area contributed by atoms with E-state index in [9.17, 15) is 13.2 Å². The maximum atomic E-state index is 11.6. The van der Waals surface area contributed by atoms with Crippen LogP contribution in [0.4, 0.5) is 0 Å². The molecular formula is C16H24N2O4S. The van der Waals surface area contributed by atoms with Crippen LogP contribution in [-0.4, -0.2) is 57.3 Å². The minimum atomic E-state index is -3.24. The van der Waals surface area contributed by atoms with Crippen molar-refractivity contribution < 1.29 is 17.9 Å². The molecule has 1 aliphatic rings. The van der Waals surface area contributed by atoms with Crippen molar-refractivity contribution in [2.75, 3.05) is 32.5 Å². The van der Waals surface area contributed by atoms with Crippen LogP contribution in [0.2, 0.25) is 0 Å². The zero-order valence-corrected chi connectivity index (χ0v) is 14.6. The monoisotopic (exact) mass is 340 g/mol. The molecule has 6 nitrogen and oxygen atoms in total. The number of carbonyl (C=O) groups is 1. The smallest absolute Gasteiger partial charge is 0.221 e. The van der Waals surface area contributed by atoms with Crippen LogP contribution < -0.4 is 10.1 Å². The molecule has 0 unspecified atom stereocenters. The molecule has 1 fully saturated rings. The van der Waals surface area contributed by atoms with E-state index in [1.807, 2.05) is 13.8 Å². The Morgan fingerprint density at radius 3 is 2.78 bits per heavy atom. The lowest BCUT2D eigenvalue weighted by Gasteiger charge is -2.35. The van der Waals surface area contributed by atoms with Crippen LogP contribution in [0, 0.1) is 0 Å². The Morgan fingerprint density at radius 2 is 2.09 bits per heavy atom. The van der Waals surface area contributed by atoms with Gasteiger partial charge in [0.25, 0.3) is 0 Å².